The molecule has 0 aromatic rings. The van der Waals surface area contributed by atoms with Gasteiger partial charge in [0.15, 0.2) is 0 Å². The number of nitrogens with two attached hydrogens (primary N) is 2. The monoisotopic (exact) mass is 173 g/mol. The van der Waals surface area contributed by atoms with Crippen LogP contribution in [0.4, 0.5) is 0 Å². The predicted octanol–water partition coefficient (Wildman–Crippen LogP) is 0.250. The maximum Gasteiger partial charge on any atom is 0.0218 e. The molecule has 12 heavy (non-hydrogen) atoms. The third kappa shape index (κ3) is 4.04. The van der Waals surface area contributed by atoms with Gasteiger partial charge in [-0.25, -0.2) is 0 Å². The van der Waals surface area contributed by atoms with Gasteiger partial charge in [0, 0.05) is 12.6 Å². The Morgan fingerprint density at radius 2 is 1.83 bits per heavy atom. The molecule has 0 saturated heterocycles. The first-order valence-electron chi connectivity index (χ1n) is 4.76. The van der Waals surface area contributed by atoms with Crippen LogP contribution >= 0.6 is 0 Å². The van der Waals surface area contributed by atoms with Gasteiger partial charge in [-0.15, -0.1) is 0 Å². The zero-order chi connectivity index (χ0) is 9.56. The fourth-order valence-electron chi connectivity index (χ4n) is 1.28. The first-order chi connectivity index (χ1) is 5.65. The van der Waals surface area contributed by atoms with Crippen LogP contribution in [0.2, 0.25) is 0 Å². The molecule has 0 aromatic carbocycles. The molecule has 4 N–H and O–H groups in total. The van der Waals surface area contributed by atoms with E-state index in [1.807, 2.05) is 0 Å². The Kier molecular flexibility index (Phi) is 6.34. The summed E-state index contributed by atoms with van der Waals surface area (Å²) in [5.74, 6) is 0.576. The van der Waals surface area contributed by atoms with E-state index >= 15 is 0 Å². The molecule has 0 fully saturated rings. The van der Waals surface area contributed by atoms with Crippen LogP contribution in [0, 0.1) is 5.92 Å². The van der Waals surface area contributed by atoms with Crippen LogP contribution < -0.4 is 11.5 Å². The quantitative estimate of drug-likeness (QED) is 0.605. The first kappa shape index (κ1) is 11.9. The first-order valence-corrected chi connectivity index (χ1v) is 4.76. The zero-order valence-corrected chi connectivity index (χ0v) is 8.59. The molecule has 0 aliphatic carbocycles. The lowest BCUT2D eigenvalue weighted by molar-refractivity contribution is 0.225. The molecule has 0 saturated carbocycles. The number of likely N-dealkylation sites (N-methyl/N-ethyl adjacent to an activating group) is 1. The maximum atomic E-state index is 5.67. The Labute approximate surface area is 76.1 Å². The smallest absolute Gasteiger partial charge is 0.0218 e. The van der Waals surface area contributed by atoms with Crippen molar-refractivity contribution in [1.29, 1.82) is 0 Å². The molecule has 0 rings (SSSR count). The molecule has 74 valence electrons. The van der Waals surface area contributed by atoms with E-state index in [2.05, 4.69) is 25.8 Å². The maximum absolute atomic E-state index is 5.67. The predicted molar refractivity (Wildman–Crippen MR) is 54.0 cm³/mol. The van der Waals surface area contributed by atoms with E-state index in [0.717, 1.165) is 26.1 Å². The number of nitrogens with zero attached hydrogens (tertiary/aromatic N) is 1. The Hall–Kier alpha value is -0.120. The molecule has 3 heteroatoms. The minimum atomic E-state index is 0.494. The second-order valence-corrected chi connectivity index (χ2v) is 3.54. The molecular formula is C9H23N3. The van der Waals surface area contributed by atoms with Crippen molar-refractivity contribution in [3.05, 3.63) is 0 Å². The SMILES string of the molecule is CCN(C)C(CN)CC(C)CN. The summed E-state index contributed by atoms with van der Waals surface area (Å²) in [7, 11) is 2.11. The van der Waals surface area contributed by atoms with Crippen LogP contribution in [0.15, 0.2) is 0 Å². The van der Waals surface area contributed by atoms with Gasteiger partial charge in [-0.2, -0.15) is 0 Å². The molecule has 0 aliphatic rings. The molecule has 3 nitrogen and oxygen atoms in total. The average molecular weight is 173 g/mol. The molecule has 0 aromatic heterocycles. The third-order valence-electron chi connectivity index (χ3n) is 2.47. The van der Waals surface area contributed by atoms with Gasteiger partial charge >= 0.3 is 0 Å². The summed E-state index contributed by atoms with van der Waals surface area (Å²) in [6, 6.07) is 0.494. The van der Waals surface area contributed by atoms with E-state index in [9.17, 15) is 0 Å². The van der Waals surface area contributed by atoms with E-state index in [1.54, 1.807) is 0 Å². The van der Waals surface area contributed by atoms with E-state index < -0.39 is 0 Å². The van der Waals surface area contributed by atoms with E-state index in [0.29, 0.717) is 12.0 Å². The topological polar surface area (TPSA) is 55.3 Å². The van der Waals surface area contributed by atoms with Crippen LogP contribution in [0.5, 0.6) is 0 Å². The highest BCUT2D eigenvalue weighted by Gasteiger charge is 2.13. The minimum Gasteiger partial charge on any atom is -0.330 e. The summed E-state index contributed by atoms with van der Waals surface area (Å²) in [6.45, 7) is 6.86. The van der Waals surface area contributed by atoms with Gasteiger partial charge in [-0.3, -0.25) is 0 Å². The molecule has 0 bridgehead atoms. The Morgan fingerprint density at radius 3 is 2.17 bits per heavy atom. The second-order valence-electron chi connectivity index (χ2n) is 3.54. The number of hydrogen-bond acceptors (Lipinski definition) is 3. The molecule has 0 radical (unpaired) electrons. The van der Waals surface area contributed by atoms with Crippen LogP contribution in [0.3, 0.4) is 0 Å². The lowest BCUT2D eigenvalue weighted by Gasteiger charge is -2.27. The summed E-state index contributed by atoms with van der Waals surface area (Å²) in [5, 5.41) is 0. The highest BCUT2D eigenvalue weighted by atomic mass is 15.1. The zero-order valence-electron chi connectivity index (χ0n) is 8.59. The van der Waals surface area contributed by atoms with Crippen molar-refractivity contribution in [3.63, 3.8) is 0 Å². The van der Waals surface area contributed by atoms with Crippen molar-refractivity contribution in [3.8, 4) is 0 Å². The Bertz CT molecular complexity index is 106. The van der Waals surface area contributed by atoms with Gasteiger partial charge < -0.3 is 16.4 Å². The van der Waals surface area contributed by atoms with E-state index in [1.165, 1.54) is 0 Å². The molecule has 2 unspecified atom stereocenters. The highest BCUT2D eigenvalue weighted by molar-refractivity contribution is 4.71. The van der Waals surface area contributed by atoms with Gasteiger partial charge in [0.2, 0.25) is 0 Å². The molecule has 0 aliphatic heterocycles. The van der Waals surface area contributed by atoms with Gasteiger partial charge in [0.1, 0.15) is 0 Å². The highest BCUT2D eigenvalue weighted by Crippen LogP contribution is 2.08. The molecule has 0 spiro atoms. The Balaban J connectivity index is 3.81. The van der Waals surface area contributed by atoms with Crippen LogP contribution in [0.25, 0.3) is 0 Å². The summed E-state index contributed by atoms with van der Waals surface area (Å²) >= 11 is 0. The Morgan fingerprint density at radius 1 is 1.25 bits per heavy atom. The largest absolute Gasteiger partial charge is 0.330 e. The second kappa shape index (κ2) is 6.40. The minimum absolute atomic E-state index is 0.494. The van der Waals surface area contributed by atoms with Crippen LogP contribution in [0.1, 0.15) is 20.3 Å². The lowest BCUT2D eigenvalue weighted by Crippen LogP contribution is -2.39. The average Bonchev–Trinajstić information content (AvgIpc) is 2.12. The molecule has 2 atom stereocenters. The number of rotatable bonds is 6. The lowest BCUT2D eigenvalue weighted by atomic mass is 10.0. The summed E-state index contributed by atoms with van der Waals surface area (Å²) in [6.07, 6.45) is 1.11. The van der Waals surface area contributed by atoms with Crippen molar-refractivity contribution < 1.29 is 0 Å². The standard InChI is InChI=1S/C9H23N3/c1-4-12(3)9(7-11)5-8(2)6-10/h8-9H,4-7,10-11H2,1-3H3. The molecule has 0 heterocycles. The van der Waals surface area contributed by atoms with Crippen molar-refractivity contribution in [1.82, 2.24) is 4.90 Å². The van der Waals surface area contributed by atoms with Gasteiger partial charge in [-0.1, -0.05) is 13.8 Å². The van der Waals surface area contributed by atoms with Crippen molar-refractivity contribution in [2.24, 2.45) is 17.4 Å². The summed E-state index contributed by atoms with van der Waals surface area (Å²) < 4.78 is 0. The van der Waals surface area contributed by atoms with Crippen LogP contribution in [-0.2, 0) is 0 Å². The van der Waals surface area contributed by atoms with Gasteiger partial charge in [-0.05, 0) is 32.5 Å². The van der Waals surface area contributed by atoms with Gasteiger partial charge in [0.05, 0.1) is 0 Å². The van der Waals surface area contributed by atoms with Crippen molar-refractivity contribution in [2.45, 2.75) is 26.3 Å². The molecule has 0 amide bonds. The molecular weight excluding hydrogens is 150 g/mol. The van der Waals surface area contributed by atoms with E-state index in [4.69, 9.17) is 11.5 Å². The number of hydrogen-bond donors (Lipinski definition) is 2. The van der Waals surface area contributed by atoms with Crippen molar-refractivity contribution in [2.75, 3.05) is 26.7 Å². The summed E-state index contributed by atoms with van der Waals surface area (Å²) in [4.78, 5) is 2.28. The van der Waals surface area contributed by atoms with Gasteiger partial charge in [0.25, 0.3) is 0 Å². The third-order valence-corrected chi connectivity index (χ3v) is 2.47. The van der Waals surface area contributed by atoms with E-state index in [-0.39, 0.29) is 0 Å². The summed E-state index contributed by atoms with van der Waals surface area (Å²) in [5.41, 5.74) is 11.2. The fraction of sp³-hybridized carbons (Fsp3) is 1.00. The van der Waals surface area contributed by atoms with Crippen LogP contribution in [-0.4, -0.2) is 37.6 Å². The van der Waals surface area contributed by atoms with Crippen molar-refractivity contribution >= 4 is 0 Å². The normalized spacial score (nSPS) is 16.5. The fourth-order valence-corrected chi connectivity index (χ4v) is 1.28.